The van der Waals surface area contributed by atoms with Gasteiger partial charge in [-0.15, -0.1) is 11.3 Å². The summed E-state index contributed by atoms with van der Waals surface area (Å²) in [6.07, 6.45) is 0. The van der Waals surface area contributed by atoms with Gasteiger partial charge in [0, 0.05) is 22.5 Å². The van der Waals surface area contributed by atoms with E-state index in [1.54, 1.807) is 11.3 Å². The Morgan fingerprint density at radius 2 is 1.83 bits per heavy atom. The Labute approximate surface area is 118 Å². The molecule has 0 aliphatic rings. The fourth-order valence-corrected chi connectivity index (χ4v) is 2.74. The highest BCUT2D eigenvalue weighted by molar-refractivity contribution is 7.10. The zero-order valence-electron chi connectivity index (χ0n) is 11.0. The summed E-state index contributed by atoms with van der Waals surface area (Å²) in [5.41, 5.74) is 2.71. The van der Waals surface area contributed by atoms with Gasteiger partial charge in [0.05, 0.1) is 5.02 Å². The number of hydrogen-bond acceptors (Lipinski definition) is 2. The molecule has 0 aliphatic heterocycles. The smallest absolute Gasteiger partial charge is 0.0516 e. The summed E-state index contributed by atoms with van der Waals surface area (Å²) < 4.78 is 0. The summed E-state index contributed by atoms with van der Waals surface area (Å²) in [5, 5.41) is 6.18. The molecule has 1 nitrogen and oxygen atoms in total. The predicted octanol–water partition coefficient (Wildman–Crippen LogP) is 5.31. The molecule has 0 radical (unpaired) electrons. The van der Waals surface area contributed by atoms with Gasteiger partial charge in [0.25, 0.3) is 0 Å². The van der Waals surface area contributed by atoms with Crippen LogP contribution in [0.25, 0.3) is 0 Å². The second kappa shape index (κ2) is 5.33. The number of anilines is 1. The molecule has 0 amide bonds. The van der Waals surface area contributed by atoms with Crippen molar-refractivity contribution >= 4 is 28.6 Å². The van der Waals surface area contributed by atoms with Crippen molar-refractivity contribution in [1.29, 1.82) is 0 Å². The first-order valence-electron chi connectivity index (χ1n) is 6.02. The third-order valence-corrected chi connectivity index (χ3v) is 4.12. The summed E-state index contributed by atoms with van der Waals surface area (Å²) >= 11 is 7.58. The van der Waals surface area contributed by atoms with Gasteiger partial charge >= 0.3 is 0 Å². The maximum atomic E-state index is 5.90. The molecule has 96 valence electrons. The quantitative estimate of drug-likeness (QED) is 0.803. The molecule has 0 saturated carbocycles. The highest BCUT2D eigenvalue weighted by Gasteiger charge is 2.12. The van der Waals surface area contributed by atoms with Gasteiger partial charge in [0.2, 0.25) is 0 Å². The maximum absolute atomic E-state index is 5.90. The van der Waals surface area contributed by atoms with Crippen LogP contribution in [-0.2, 0) is 12.0 Å². The monoisotopic (exact) mass is 279 g/mol. The Morgan fingerprint density at radius 3 is 2.33 bits per heavy atom. The van der Waals surface area contributed by atoms with E-state index in [0.29, 0.717) is 0 Å². The van der Waals surface area contributed by atoms with E-state index in [1.165, 1.54) is 10.4 Å². The Hall–Kier alpha value is -0.990. The number of nitrogens with one attached hydrogen (secondary N) is 1. The van der Waals surface area contributed by atoms with E-state index in [9.17, 15) is 0 Å². The molecule has 1 heterocycles. The molecular formula is C15H18ClNS. The van der Waals surface area contributed by atoms with Gasteiger partial charge in [-0.3, -0.25) is 0 Å². The van der Waals surface area contributed by atoms with Crippen LogP contribution in [0.5, 0.6) is 0 Å². The molecule has 3 heteroatoms. The molecule has 0 spiro atoms. The average Bonchev–Trinajstić information content (AvgIpc) is 2.72. The van der Waals surface area contributed by atoms with Crippen molar-refractivity contribution in [2.24, 2.45) is 0 Å². The lowest BCUT2D eigenvalue weighted by Crippen LogP contribution is -2.10. The van der Waals surface area contributed by atoms with Gasteiger partial charge in [-0.2, -0.15) is 0 Å². The second-order valence-corrected chi connectivity index (χ2v) is 6.84. The van der Waals surface area contributed by atoms with Crippen LogP contribution in [0.2, 0.25) is 5.02 Å². The summed E-state index contributed by atoms with van der Waals surface area (Å²) in [6, 6.07) is 10.6. The van der Waals surface area contributed by atoms with Crippen molar-refractivity contribution in [2.75, 3.05) is 5.32 Å². The van der Waals surface area contributed by atoms with E-state index in [-0.39, 0.29) is 5.41 Å². The highest BCUT2D eigenvalue weighted by Crippen LogP contribution is 2.24. The topological polar surface area (TPSA) is 12.0 Å². The number of rotatable bonds is 3. The Balaban J connectivity index is 1.98. The maximum Gasteiger partial charge on any atom is 0.0516 e. The number of thiophene rings is 1. The summed E-state index contributed by atoms with van der Waals surface area (Å²) in [7, 11) is 0. The van der Waals surface area contributed by atoms with Crippen molar-refractivity contribution in [2.45, 2.75) is 32.7 Å². The first-order valence-corrected chi connectivity index (χ1v) is 7.28. The van der Waals surface area contributed by atoms with E-state index < -0.39 is 0 Å². The predicted molar refractivity (Wildman–Crippen MR) is 81.8 cm³/mol. The van der Waals surface area contributed by atoms with Crippen molar-refractivity contribution < 1.29 is 0 Å². The van der Waals surface area contributed by atoms with E-state index in [4.69, 9.17) is 11.6 Å². The minimum atomic E-state index is 0.208. The Kier molecular flexibility index (Phi) is 3.98. The van der Waals surface area contributed by atoms with Crippen molar-refractivity contribution in [1.82, 2.24) is 0 Å². The third-order valence-electron chi connectivity index (χ3n) is 2.84. The lowest BCUT2D eigenvalue weighted by molar-refractivity contribution is 0.590. The molecule has 1 aromatic carbocycles. The van der Waals surface area contributed by atoms with Crippen LogP contribution >= 0.6 is 22.9 Å². The summed E-state index contributed by atoms with van der Waals surface area (Å²) in [4.78, 5) is 1.25. The van der Waals surface area contributed by atoms with Crippen LogP contribution in [0.15, 0.2) is 35.7 Å². The molecule has 0 saturated heterocycles. The first kappa shape index (κ1) is 13.4. The van der Waals surface area contributed by atoms with Gasteiger partial charge < -0.3 is 5.32 Å². The van der Waals surface area contributed by atoms with Crippen LogP contribution in [-0.4, -0.2) is 0 Å². The molecule has 2 aromatic rings. The summed E-state index contributed by atoms with van der Waals surface area (Å²) in [5.74, 6) is 0. The molecule has 0 bridgehead atoms. The lowest BCUT2D eigenvalue weighted by atomic mass is 9.87. The normalized spacial score (nSPS) is 11.6. The fraction of sp³-hybridized carbons (Fsp3) is 0.333. The molecule has 18 heavy (non-hydrogen) atoms. The number of hydrogen-bond donors (Lipinski definition) is 1. The first-order chi connectivity index (χ1) is 8.45. The lowest BCUT2D eigenvalue weighted by Gasteiger charge is -2.19. The molecule has 1 aromatic heterocycles. The van der Waals surface area contributed by atoms with Crippen LogP contribution in [0.3, 0.4) is 0 Å². The molecule has 2 rings (SSSR count). The number of benzene rings is 1. The minimum Gasteiger partial charge on any atom is -0.380 e. The Morgan fingerprint density at radius 1 is 1.17 bits per heavy atom. The molecule has 0 atom stereocenters. The zero-order valence-corrected chi connectivity index (χ0v) is 12.5. The SMILES string of the molecule is CC(C)(C)c1ccc(NCc2cc(Cl)cs2)cc1. The van der Waals surface area contributed by atoms with E-state index in [0.717, 1.165) is 17.3 Å². The second-order valence-electron chi connectivity index (χ2n) is 5.41. The third kappa shape index (κ3) is 3.50. The van der Waals surface area contributed by atoms with E-state index in [2.05, 4.69) is 50.4 Å². The highest BCUT2D eigenvalue weighted by atomic mass is 35.5. The van der Waals surface area contributed by atoms with Gasteiger partial charge in [-0.05, 0) is 29.2 Å². The van der Waals surface area contributed by atoms with Gasteiger partial charge in [0.1, 0.15) is 0 Å². The van der Waals surface area contributed by atoms with E-state index >= 15 is 0 Å². The van der Waals surface area contributed by atoms with Crippen LogP contribution in [0.4, 0.5) is 5.69 Å². The van der Waals surface area contributed by atoms with Gasteiger partial charge in [-0.25, -0.2) is 0 Å². The number of halogens is 1. The zero-order chi connectivity index (χ0) is 13.2. The van der Waals surface area contributed by atoms with Crippen molar-refractivity contribution in [3.8, 4) is 0 Å². The molecule has 0 aliphatic carbocycles. The van der Waals surface area contributed by atoms with E-state index in [1.807, 2.05) is 11.4 Å². The standard InChI is InChI=1S/C15H18ClNS/c1-15(2,3)11-4-6-13(7-5-11)17-9-14-8-12(16)10-18-14/h4-8,10,17H,9H2,1-3H3. The van der Waals surface area contributed by atoms with Crippen molar-refractivity contribution in [3.05, 3.63) is 51.2 Å². The molecule has 0 unspecified atom stereocenters. The van der Waals surface area contributed by atoms with Crippen LogP contribution < -0.4 is 5.32 Å². The summed E-state index contributed by atoms with van der Waals surface area (Å²) in [6.45, 7) is 7.50. The minimum absolute atomic E-state index is 0.208. The molecule has 1 N–H and O–H groups in total. The van der Waals surface area contributed by atoms with Crippen LogP contribution in [0, 0.1) is 0 Å². The Bertz CT molecular complexity index is 508. The average molecular weight is 280 g/mol. The fourth-order valence-electron chi connectivity index (χ4n) is 1.72. The molecular weight excluding hydrogens is 262 g/mol. The van der Waals surface area contributed by atoms with Gasteiger partial charge in [-0.1, -0.05) is 44.5 Å². The molecule has 0 fully saturated rings. The largest absolute Gasteiger partial charge is 0.380 e. The van der Waals surface area contributed by atoms with Crippen molar-refractivity contribution in [3.63, 3.8) is 0 Å². The van der Waals surface area contributed by atoms with Crippen LogP contribution in [0.1, 0.15) is 31.2 Å². The van der Waals surface area contributed by atoms with Gasteiger partial charge in [0.15, 0.2) is 0 Å².